The van der Waals surface area contributed by atoms with E-state index in [-0.39, 0.29) is 17.2 Å². The minimum absolute atomic E-state index is 0.158. The molecule has 2 aliphatic rings. The molecule has 1 saturated heterocycles. The monoisotopic (exact) mass is 420 g/mol. The van der Waals surface area contributed by atoms with Crippen molar-refractivity contribution in [2.75, 3.05) is 25.0 Å². The third kappa shape index (κ3) is 5.67. The Morgan fingerprint density at radius 3 is 2.66 bits per heavy atom. The van der Waals surface area contributed by atoms with Gasteiger partial charge in [-0.1, -0.05) is 24.6 Å². The number of hydrogen-bond acceptors (Lipinski definition) is 5. The van der Waals surface area contributed by atoms with Gasteiger partial charge in [0.2, 0.25) is 10.0 Å². The van der Waals surface area contributed by atoms with Crippen LogP contribution in [0.25, 0.3) is 0 Å². The molecule has 8 heteroatoms. The molecule has 1 fully saturated rings. The number of rotatable bonds is 7. The largest absolute Gasteiger partial charge is 0.456 e. The average molecular weight is 421 g/mol. The number of amides is 1. The van der Waals surface area contributed by atoms with Crippen molar-refractivity contribution in [3.63, 3.8) is 0 Å². The molecule has 1 aliphatic carbocycles. The number of esters is 1. The van der Waals surface area contributed by atoms with Crippen LogP contribution in [0.3, 0.4) is 0 Å². The summed E-state index contributed by atoms with van der Waals surface area (Å²) in [5, 5.41) is 2.66. The van der Waals surface area contributed by atoms with Gasteiger partial charge in [0, 0.05) is 18.8 Å². The van der Waals surface area contributed by atoms with E-state index in [9.17, 15) is 18.0 Å². The predicted octanol–water partition coefficient (Wildman–Crippen LogP) is 3.01. The van der Waals surface area contributed by atoms with Gasteiger partial charge in [-0.2, -0.15) is 4.31 Å². The Morgan fingerprint density at radius 2 is 1.97 bits per heavy atom. The zero-order valence-electron chi connectivity index (χ0n) is 16.7. The van der Waals surface area contributed by atoms with Crippen molar-refractivity contribution >= 4 is 27.6 Å². The quantitative estimate of drug-likeness (QED) is 0.541. The van der Waals surface area contributed by atoms with Crippen LogP contribution in [0.15, 0.2) is 35.2 Å². The number of nitrogens with zero attached hydrogens (tertiary/aromatic N) is 1. The molecule has 158 valence electrons. The summed E-state index contributed by atoms with van der Waals surface area (Å²) >= 11 is 0. The molecular formula is C21H28N2O5S. The molecule has 7 nitrogen and oxygen atoms in total. The molecule has 1 amide bonds. The highest BCUT2D eigenvalue weighted by atomic mass is 32.2. The lowest BCUT2D eigenvalue weighted by Crippen LogP contribution is -2.35. The van der Waals surface area contributed by atoms with Crippen molar-refractivity contribution < 1.29 is 22.7 Å². The Bertz CT molecular complexity index is 888. The fourth-order valence-electron chi connectivity index (χ4n) is 3.62. The lowest BCUT2D eigenvalue weighted by atomic mass is 10.1. The number of carbonyl (C=O) groups excluding carboxylic acids is 2. The van der Waals surface area contributed by atoms with E-state index in [0.717, 1.165) is 37.7 Å². The molecule has 1 heterocycles. The van der Waals surface area contributed by atoms with Gasteiger partial charge >= 0.3 is 5.97 Å². The number of anilines is 1. The number of piperidine rings is 1. The first-order valence-electron chi connectivity index (χ1n) is 10.1. The number of benzene rings is 1. The van der Waals surface area contributed by atoms with Gasteiger partial charge in [0.1, 0.15) is 0 Å². The number of nitrogens with one attached hydrogen (secondary N) is 1. The molecule has 0 unspecified atom stereocenters. The summed E-state index contributed by atoms with van der Waals surface area (Å²) in [6.07, 6.45) is 8.96. The lowest BCUT2D eigenvalue weighted by Gasteiger charge is -2.26. The van der Waals surface area contributed by atoms with Gasteiger partial charge in [-0.05, 0) is 56.2 Å². The number of ether oxygens (including phenoxy) is 1. The zero-order chi connectivity index (χ0) is 20.9. The molecule has 1 atom stereocenters. The van der Waals surface area contributed by atoms with Crippen LogP contribution < -0.4 is 5.32 Å². The Morgan fingerprint density at radius 1 is 1.21 bits per heavy atom. The minimum atomic E-state index is -3.59. The smallest absolute Gasteiger partial charge is 0.306 e. The molecule has 0 saturated carbocycles. The van der Waals surface area contributed by atoms with Gasteiger partial charge < -0.3 is 10.1 Å². The molecular weight excluding hydrogens is 392 g/mol. The summed E-state index contributed by atoms with van der Waals surface area (Å²) in [6.45, 7) is 2.43. The van der Waals surface area contributed by atoms with Crippen molar-refractivity contribution in [2.45, 2.75) is 50.3 Å². The third-order valence-electron chi connectivity index (χ3n) is 5.34. The highest BCUT2D eigenvalue weighted by Gasteiger charge is 2.26. The highest BCUT2D eigenvalue weighted by Crippen LogP contribution is 2.25. The normalized spacial score (nSPS) is 19.8. The second-order valence-electron chi connectivity index (χ2n) is 7.62. The third-order valence-corrected chi connectivity index (χ3v) is 7.24. The van der Waals surface area contributed by atoms with Gasteiger partial charge in [-0.3, -0.25) is 9.59 Å². The SMILES string of the molecule is Cc1ccc(S(=O)(=O)N2CCCCC2)cc1NC(=O)COC(=O)C[C@@H]1C=CCC1. The van der Waals surface area contributed by atoms with E-state index in [1.54, 1.807) is 19.1 Å². The Hall–Kier alpha value is -2.19. The maximum absolute atomic E-state index is 12.9. The van der Waals surface area contributed by atoms with Gasteiger partial charge in [0.05, 0.1) is 11.3 Å². The van der Waals surface area contributed by atoms with Gasteiger partial charge in [0.15, 0.2) is 6.61 Å². The molecule has 29 heavy (non-hydrogen) atoms. The van der Waals surface area contributed by atoms with Gasteiger partial charge in [-0.15, -0.1) is 0 Å². The maximum atomic E-state index is 12.9. The summed E-state index contributed by atoms with van der Waals surface area (Å²) in [4.78, 5) is 24.2. The van der Waals surface area contributed by atoms with Crippen LogP contribution in [0.2, 0.25) is 0 Å². The molecule has 1 aromatic rings. The highest BCUT2D eigenvalue weighted by molar-refractivity contribution is 7.89. The van der Waals surface area contributed by atoms with Crippen molar-refractivity contribution in [1.29, 1.82) is 0 Å². The summed E-state index contributed by atoms with van der Waals surface area (Å²) in [7, 11) is -3.59. The summed E-state index contributed by atoms with van der Waals surface area (Å²) < 4.78 is 32.3. The first kappa shape index (κ1) is 21.5. The number of sulfonamides is 1. The molecule has 0 radical (unpaired) electrons. The van der Waals surface area contributed by atoms with E-state index in [1.807, 2.05) is 12.2 Å². The fourth-order valence-corrected chi connectivity index (χ4v) is 5.17. The molecule has 0 bridgehead atoms. The second kappa shape index (κ2) is 9.54. The predicted molar refractivity (Wildman–Crippen MR) is 110 cm³/mol. The number of aryl methyl sites for hydroxylation is 1. The van der Waals surface area contributed by atoms with Crippen LogP contribution in [-0.4, -0.2) is 44.3 Å². The van der Waals surface area contributed by atoms with E-state index >= 15 is 0 Å². The van der Waals surface area contributed by atoms with Gasteiger partial charge in [0.25, 0.3) is 5.91 Å². The van der Waals surface area contributed by atoms with Crippen molar-refractivity contribution in [2.24, 2.45) is 5.92 Å². The molecule has 0 spiro atoms. The Balaban J connectivity index is 1.59. The van der Waals surface area contributed by atoms with E-state index in [4.69, 9.17) is 4.74 Å². The molecule has 1 aliphatic heterocycles. The van der Waals surface area contributed by atoms with Crippen LogP contribution in [0.1, 0.15) is 44.1 Å². The number of allylic oxidation sites excluding steroid dienone is 2. The summed E-state index contributed by atoms with van der Waals surface area (Å²) in [5.41, 5.74) is 1.14. The van der Waals surface area contributed by atoms with Crippen LogP contribution in [-0.2, 0) is 24.3 Å². The lowest BCUT2D eigenvalue weighted by molar-refractivity contribution is -0.147. The number of hydrogen-bond donors (Lipinski definition) is 1. The Labute approximate surface area is 172 Å². The Kier molecular flexibility index (Phi) is 7.08. The molecule has 0 aromatic heterocycles. The topological polar surface area (TPSA) is 92.8 Å². The first-order valence-corrected chi connectivity index (χ1v) is 11.5. The van der Waals surface area contributed by atoms with Crippen LogP contribution in [0.4, 0.5) is 5.69 Å². The van der Waals surface area contributed by atoms with Crippen molar-refractivity contribution in [3.8, 4) is 0 Å². The van der Waals surface area contributed by atoms with Gasteiger partial charge in [-0.25, -0.2) is 8.42 Å². The van der Waals surface area contributed by atoms with Crippen LogP contribution >= 0.6 is 0 Å². The summed E-state index contributed by atoms with van der Waals surface area (Å²) in [6, 6.07) is 4.71. The van der Waals surface area contributed by atoms with Crippen LogP contribution in [0, 0.1) is 12.8 Å². The molecule has 1 aromatic carbocycles. The van der Waals surface area contributed by atoms with E-state index in [2.05, 4.69) is 5.32 Å². The minimum Gasteiger partial charge on any atom is -0.456 e. The van der Waals surface area contributed by atoms with E-state index < -0.39 is 28.5 Å². The average Bonchev–Trinajstić information content (AvgIpc) is 3.21. The fraction of sp³-hybridized carbons (Fsp3) is 0.524. The second-order valence-corrected chi connectivity index (χ2v) is 9.56. The number of carbonyl (C=O) groups is 2. The van der Waals surface area contributed by atoms with E-state index in [1.165, 1.54) is 10.4 Å². The maximum Gasteiger partial charge on any atom is 0.306 e. The van der Waals surface area contributed by atoms with Crippen molar-refractivity contribution in [1.82, 2.24) is 4.31 Å². The zero-order valence-corrected chi connectivity index (χ0v) is 17.5. The van der Waals surface area contributed by atoms with Crippen LogP contribution in [0.5, 0.6) is 0 Å². The molecule has 3 rings (SSSR count). The molecule has 1 N–H and O–H groups in total. The van der Waals surface area contributed by atoms with E-state index in [0.29, 0.717) is 18.8 Å². The standard InChI is InChI=1S/C21H28N2O5S/c1-16-9-10-18(29(26,27)23-11-5-2-6-12-23)14-19(16)22-20(24)15-28-21(25)13-17-7-3-4-8-17/h3,7,9-10,14,17H,2,4-6,8,11-13,15H2,1H3,(H,22,24)/t17-/m1/s1. The van der Waals surface area contributed by atoms with Crippen molar-refractivity contribution in [3.05, 3.63) is 35.9 Å². The summed E-state index contributed by atoms with van der Waals surface area (Å²) in [5.74, 6) is -0.713. The first-order chi connectivity index (χ1) is 13.9.